The summed E-state index contributed by atoms with van der Waals surface area (Å²) in [6.07, 6.45) is 6.57. The number of amides is 1. The molecule has 18 heavy (non-hydrogen) atoms. The molecule has 0 saturated heterocycles. The summed E-state index contributed by atoms with van der Waals surface area (Å²) in [7, 11) is 0. The molecule has 0 radical (unpaired) electrons. The second-order valence-electron chi connectivity index (χ2n) is 6.51. The Bertz CT molecular complexity index is 263. The van der Waals surface area contributed by atoms with Gasteiger partial charge < -0.3 is 10.4 Å². The van der Waals surface area contributed by atoms with Crippen molar-refractivity contribution < 1.29 is 9.90 Å². The lowest BCUT2D eigenvalue weighted by Gasteiger charge is -2.37. The van der Waals surface area contributed by atoms with Crippen molar-refractivity contribution in [1.29, 1.82) is 0 Å². The van der Waals surface area contributed by atoms with Crippen molar-refractivity contribution in [1.82, 2.24) is 5.32 Å². The molecule has 1 aliphatic rings. The highest BCUT2D eigenvalue weighted by Crippen LogP contribution is 2.40. The van der Waals surface area contributed by atoms with Crippen LogP contribution in [0.2, 0.25) is 0 Å². The van der Waals surface area contributed by atoms with Crippen molar-refractivity contribution >= 4 is 5.91 Å². The molecule has 3 nitrogen and oxygen atoms in total. The molecule has 0 spiro atoms. The van der Waals surface area contributed by atoms with Crippen molar-refractivity contribution in [2.75, 3.05) is 13.2 Å². The molecule has 0 bridgehead atoms. The van der Waals surface area contributed by atoms with Crippen molar-refractivity contribution in [3.05, 3.63) is 0 Å². The third-order valence-electron chi connectivity index (χ3n) is 4.31. The largest absolute Gasteiger partial charge is 0.396 e. The summed E-state index contributed by atoms with van der Waals surface area (Å²) in [4.78, 5) is 12.2. The second-order valence-corrected chi connectivity index (χ2v) is 6.51. The molecule has 3 heteroatoms. The lowest BCUT2D eigenvalue weighted by molar-refractivity contribution is -0.130. The fourth-order valence-corrected chi connectivity index (χ4v) is 2.86. The van der Waals surface area contributed by atoms with Crippen LogP contribution in [0, 0.1) is 17.3 Å². The van der Waals surface area contributed by atoms with E-state index in [0.717, 1.165) is 32.2 Å². The van der Waals surface area contributed by atoms with E-state index in [0.29, 0.717) is 5.92 Å². The number of aliphatic hydroxyl groups is 1. The average Bonchev–Trinajstić information content (AvgIpc) is 2.33. The summed E-state index contributed by atoms with van der Waals surface area (Å²) in [6.45, 7) is 7.44. The van der Waals surface area contributed by atoms with E-state index in [-0.39, 0.29) is 23.8 Å². The lowest BCUT2D eigenvalue weighted by atomic mass is 9.68. The number of rotatable bonds is 6. The first-order valence-corrected chi connectivity index (χ1v) is 7.36. The van der Waals surface area contributed by atoms with Crippen molar-refractivity contribution in [2.45, 2.75) is 59.3 Å². The van der Waals surface area contributed by atoms with Crippen molar-refractivity contribution in [3.63, 3.8) is 0 Å². The first-order valence-electron chi connectivity index (χ1n) is 7.36. The minimum Gasteiger partial charge on any atom is -0.396 e. The van der Waals surface area contributed by atoms with Crippen LogP contribution in [0.4, 0.5) is 0 Å². The number of hydrogen-bond donors (Lipinski definition) is 2. The zero-order chi connectivity index (χ0) is 13.6. The summed E-state index contributed by atoms with van der Waals surface area (Å²) in [5.74, 6) is 0.755. The van der Waals surface area contributed by atoms with Gasteiger partial charge in [-0.15, -0.1) is 0 Å². The molecule has 0 aromatic rings. The van der Waals surface area contributed by atoms with Crippen LogP contribution in [0.5, 0.6) is 0 Å². The summed E-state index contributed by atoms with van der Waals surface area (Å²) in [5.41, 5.74) is 0.153. The standard InChI is InChI=1S/C15H29NO2/c1-12(11-17)7-6-10-16-14(18)13-8-4-5-9-15(13,2)3/h12-13,17H,4-11H2,1-3H3,(H,16,18). The maximum absolute atomic E-state index is 12.2. The van der Waals surface area contributed by atoms with Gasteiger partial charge in [-0.05, 0) is 37.0 Å². The topological polar surface area (TPSA) is 49.3 Å². The molecule has 0 heterocycles. The molecule has 2 N–H and O–H groups in total. The van der Waals surface area contributed by atoms with E-state index in [4.69, 9.17) is 5.11 Å². The van der Waals surface area contributed by atoms with Crippen LogP contribution >= 0.6 is 0 Å². The quantitative estimate of drug-likeness (QED) is 0.717. The number of nitrogens with one attached hydrogen (secondary N) is 1. The summed E-state index contributed by atoms with van der Waals surface area (Å²) >= 11 is 0. The molecule has 2 atom stereocenters. The Hall–Kier alpha value is -0.570. The molecule has 2 unspecified atom stereocenters. The van der Waals surface area contributed by atoms with Gasteiger partial charge in [0.2, 0.25) is 5.91 Å². The van der Waals surface area contributed by atoms with Gasteiger partial charge >= 0.3 is 0 Å². The van der Waals surface area contributed by atoms with Gasteiger partial charge in [-0.3, -0.25) is 4.79 Å². The zero-order valence-corrected chi connectivity index (χ0v) is 12.2. The highest BCUT2D eigenvalue weighted by Gasteiger charge is 2.36. The highest BCUT2D eigenvalue weighted by atomic mass is 16.3. The number of aliphatic hydroxyl groups excluding tert-OH is 1. The number of carbonyl (C=O) groups is 1. The second kappa shape index (κ2) is 7.13. The molecule has 1 saturated carbocycles. The third-order valence-corrected chi connectivity index (χ3v) is 4.31. The van der Waals surface area contributed by atoms with E-state index >= 15 is 0 Å². The molecule has 106 valence electrons. The third kappa shape index (κ3) is 4.60. The van der Waals surface area contributed by atoms with Gasteiger partial charge in [-0.2, -0.15) is 0 Å². The van der Waals surface area contributed by atoms with Crippen LogP contribution < -0.4 is 5.32 Å². The average molecular weight is 255 g/mol. The minimum absolute atomic E-state index is 0.153. The fraction of sp³-hybridized carbons (Fsp3) is 0.933. The van der Waals surface area contributed by atoms with Gasteiger partial charge in [0.1, 0.15) is 0 Å². The SMILES string of the molecule is CC(CO)CCCNC(=O)C1CCCCC1(C)C. The monoisotopic (exact) mass is 255 g/mol. The van der Waals surface area contributed by atoms with E-state index in [1.165, 1.54) is 12.8 Å². The van der Waals surface area contributed by atoms with E-state index in [9.17, 15) is 4.79 Å². The van der Waals surface area contributed by atoms with Gasteiger partial charge in [0.05, 0.1) is 0 Å². The molecule has 0 aromatic heterocycles. The number of carbonyl (C=O) groups excluding carboxylic acids is 1. The fourth-order valence-electron chi connectivity index (χ4n) is 2.86. The molecular weight excluding hydrogens is 226 g/mol. The van der Waals surface area contributed by atoms with E-state index in [1.807, 2.05) is 6.92 Å². The van der Waals surface area contributed by atoms with Crippen LogP contribution in [0.1, 0.15) is 59.3 Å². The highest BCUT2D eigenvalue weighted by molar-refractivity contribution is 5.79. The van der Waals surface area contributed by atoms with Crippen LogP contribution in [0.15, 0.2) is 0 Å². The molecule has 0 aromatic carbocycles. The van der Waals surface area contributed by atoms with Gasteiger partial charge in [-0.25, -0.2) is 0 Å². The van der Waals surface area contributed by atoms with Crippen molar-refractivity contribution in [2.24, 2.45) is 17.3 Å². The molecule has 1 aliphatic carbocycles. The maximum atomic E-state index is 12.2. The van der Waals surface area contributed by atoms with Gasteiger partial charge in [0.25, 0.3) is 0 Å². The predicted octanol–water partition coefficient (Wildman–Crippen LogP) is 2.73. The molecule has 0 aliphatic heterocycles. The number of hydrogen-bond acceptors (Lipinski definition) is 2. The van der Waals surface area contributed by atoms with Crippen LogP contribution in [0.25, 0.3) is 0 Å². The molecular formula is C15H29NO2. The van der Waals surface area contributed by atoms with Crippen LogP contribution in [-0.4, -0.2) is 24.2 Å². The smallest absolute Gasteiger partial charge is 0.223 e. The normalized spacial score (nSPS) is 24.6. The first kappa shape index (κ1) is 15.5. The van der Waals surface area contributed by atoms with E-state index in [2.05, 4.69) is 19.2 Å². The Morgan fingerprint density at radius 1 is 1.44 bits per heavy atom. The van der Waals surface area contributed by atoms with Gasteiger partial charge in [0, 0.05) is 19.1 Å². The Kier molecular flexibility index (Phi) is 6.13. The van der Waals surface area contributed by atoms with Crippen LogP contribution in [0.3, 0.4) is 0 Å². The van der Waals surface area contributed by atoms with Gasteiger partial charge in [0.15, 0.2) is 0 Å². The van der Waals surface area contributed by atoms with E-state index in [1.54, 1.807) is 0 Å². The Balaban J connectivity index is 2.27. The Labute approximate surface area is 111 Å². The molecule has 1 amide bonds. The Morgan fingerprint density at radius 2 is 2.17 bits per heavy atom. The maximum Gasteiger partial charge on any atom is 0.223 e. The van der Waals surface area contributed by atoms with Gasteiger partial charge in [-0.1, -0.05) is 33.6 Å². The minimum atomic E-state index is 0.153. The lowest BCUT2D eigenvalue weighted by Crippen LogP contribution is -2.41. The van der Waals surface area contributed by atoms with Crippen LogP contribution in [-0.2, 0) is 4.79 Å². The summed E-state index contributed by atoms with van der Waals surface area (Å²) < 4.78 is 0. The predicted molar refractivity (Wildman–Crippen MR) is 74.2 cm³/mol. The first-order chi connectivity index (χ1) is 8.47. The van der Waals surface area contributed by atoms with Crippen molar-refractivity contribution in [3.8, 4) is 0 Å². The Morgan fingerprint density at radius 3 is 2.78 bits per heavy atom. The zero-order valence-electron chi connectivity index (χ0n) is 12.2. The molecule has 1 rings (SSSR count). The van der Waals surface area contributed by atoms with E-state index < -0.39 is 0 Å². The summed E-state index contributed by atoms with van der Waals surface area (Å²) in [6, 6.07) is 0. The molecule has 1 fully saturated rings. The summed E-state index contributed by atoms with van der Waals surface area (Å²) in [5, 5.41) is 12.0.